The summed E-state index contributed by atoms with van der Waals surface area (Å²) in [6.07, 6.45) is 2.29. The lowest BCUT2D eigenvalue weighted by Gasteiger charge is -2.09. The van der Waals surface area contributed by atoms with Crippen molar-refractivity contribution in [1.29, 1.82) is 0 Å². The molecule has 3 aromatic rings. The normalized spacial score (nSPS) is 11.7. The molecule has 23 heavy (non-hydrogen) atoms. The van der Waals surface area contributed by atoms with Gasteiger partial charge in [0.25, 0.3) is 5.56 Å². The van der Waals surface area contributed by atoms with Gasteiger partial charge in [0.2, 0.25) is 0 Å². The van der Waals surface area contributed by atoms with Crippen molar-refractivity contribution in [2.45, 2.75) is 4.90 Å². The minimum Gasteiger partial charge on any atom is -0.506 e. The summed E-state index contributed by atoms with van der Waals surface area (Å²) in [5, 5.41) is 10.6. The third-order valence-corrected chi connectivity index (χ3v) is 4.84. The van der Waals surface area contributed by atoms with Crippen molar-refractivity contribution in [3.63, 3.8) is 0 Å². The van der Waals surface area contributed by atoms with E-state index in [1.54, 1.807) is 0 Å². The van der Waals surface area contributed by atoms with Gasteiger partial charge in [-0.25, -0.2) is 13.4 Å². The van der Waals surface area contributed by atoms with Crippen LogP contribution in [0.25, 0.3) is 22.0 Å². The number of aromatic hydroxyl groups is 1. The quantitative estimate of drug-likeness (QED) is 0.739. The van der Waals surface area contributed by atoms with Gasteiger partial charge < -0.3 is 10.1 Å². The molecule has 2 N–H and O–H groups in total. The number of fused-ring (bicyclic) bond motifs is 1. The maximum Gasteiger partial charge on any atom is 0.258 e. The van der Waals surface area contributed by atoms with E-state index < -0.39 is 15.4 Å². The number of halogens is 1. The lowest BCUT2D eigenvalue weighted by atomic mass is 10.0. The first kappa shape index (κ1) is 15.5. The van der Waals surface area contributed by atoms with Crippen LogP contribution in [0.4, 0.5) is 0 Å². The molecule has 0 saturated carbocycles. The molecule has 1 aromatic heterocycles. The molecule has 0 atom stereocenters. The topological polar surface area (TPSA) is 100 Å². The highest BCUT2D eigenvalue weighted by molar-refractivity contribution is 7.90. The molecular formula is C15H11ClN2O4S. The van der Waals surface area contributed by atoms with Gasteiger partial charge in [-0.05, 0) is 35.9 Å². The number of hydrogen-bond donors (Lipinski definition) is 2. The number of aromatic amines is 1. The smallest absolute Gasteiger partial charge is 0.258 e. The minimum atomic E-state index is -3.41. The zero-order valence-electron chi connectivity index (χ0n) is 11.9. The van der Waals surface area contributed by atoms with Gasteiger partial charge in [-0.1, -0.05) is 11.6 Å². The fraction of sp³-hybridized carbons (Fsp3) is 0.0667. The van der Waals surface area contributed by atoms with E-state index in [0.29, 0.717) is 16.1 Å². The highest BCUT2D eigenvalue weighted by Crippen LogP contribution is 2.34. The number of aromatic nitrogens is 2. The first-order valence-corrected chi connectivity index (χ1v) is 8.75. The number of nitrogens with zero attached hydrogens (tertiary/aromatic N) is 1. The summed E-state index contributed by atoms with van der Waals surface area (Å²) < 4.78 is 23.4. The Labute approximate surface area is 136 Å². The van der Waals surface area contributed by atoms with Crippen molar-refractivity contribution >= 4 is 32.3 Å². The number of nitrogens with one attached hydrogen (secondary N) is 1. The van der Waals surface area contributed by atoms with Crippen LogP contribution in [0.1, 0.15) is 0 Å². The molecule has 0 unspecified atom stereocenters. The van der Waals surface area contributed by atoms with E-state index in [4.69, 9.17) is 11.6 Å². The third-order valence-electron chi connectivity index (χ3n) is 3.40. The minimum absolute atomic E-state index is 0.0941. The molecule has 0 aliphatic rings. The predicted octanol–water partition coefficient (Wildman–Crippen LogP) is 2.35. The molecule has 2 aromatic carbocycles. The third kappa shape index (κ3) is 2.80. The summed E-state index contributed by atoms with van der Waals surface area (Å²) in [6.45, 7) is 0. The van der Waals surface area contributed by atoms with Crippen molar-refractivity contribution in [3.05, 3.63) is 52.0 Å². The van der Waals surface area contributed by atoms with E-state index in [1.165, 1.54) is 36.7 Å². The van der Waals surface area contributed by atoms with Gasteiger partial charge in [0.1, 0.15) is 11.3 Å². The zero-order chi connectivity index (χ0) is 16.8. The van der Waals surface area contributed by atoms with Crippen LogP contribution in [0.3, 0.4) is 0 Å². The summed E-state index contributed by atoms with van der Waals surface area (Å²) in [5.74, 6) is -0.190. The van der Waals surface area contributed by atoms with E-state index in [0.717, 1.165) is 6.26 Å². The Hall–Kier alpha value is -2.38. The number of H-pyrrole nitrogens is 1. The molecule has 0 aliphatic carbocycles. The molecule has 0 bridgehead atoms. The van der Waals surface area contributed by atoms with Crippen LogP contribution >= 0.6 is 11.6 Å². The molecule has 0 saturated heterocycles. The van der Waals surface area contributed by atoms with Crippen LogP contribution in [0.15, 0.2) is 46.3 Å². The number of benzene rings is 2. The van der Waals surface area contributed by atoms with E-state index in [9.17, 15) is 18.3 Å². The second kappa shape index (κ2) is 5.36. The van der Waals surface area contributed by atoms with Gasteiger partial charge in [-0.2, -0.15) is 0 Å². The number of hydrogen-bond acceptors (Lipinski definition) is 5. The Balaban J connectivity index is 2.33. The van der Waals surface area contributed by atoms with Gasteiger partial charge >= 0.3 is 0 Å². The van der Waals surface area contributed by atoms with E-state index >= 15 is 0 Å². The molecule has 0 aliphatic heterocycles. The van der Waals surface area contributed by atoms with E-state index in [2.05, 4.69) is 9.97 Å². The van der Waals surface area contributed by atoms with Gasteiger partial charge in [-0.3, -0.25) is 4.79 Å². The Morgan fingerprint density at radius 2 is 1.96 bits per heavy atom. The van der Waals surface area contributed by atoms with E-state index in [1.807, 2.05) is 0 Å². The van der Waals surface area contributed by atoms with Crippen LogP contribution in [0.2, 0.25) is 5.02 Å². The zero-order valence-corrected chi connectivity index (χ0v) is 13.4. The SMILES string of the molecule is CS(=O)(=O)c1ccc(Cl)c(-c2cc(O)c3nc[nH]c(=O)c3c2)c1. The average Bonchev–Trinajstić information content (AvgIpc) is 2.47. The molecule has 0 radical (unpaired) electrons. The average molecular weight is 351 g/mol. The monoisotopic (exact) mass is 350 g/mol. The van der Waals surface area contributed by atoms with Gasteiger partial charge in [0.05, 0.1) is 16.6 Å². The molecule has 3 rings (SSSR count). The Kier molecular flexibility index (Phi) is 3.62. The number of phenols is 1. The molecule has 0 spiro atoms. The first-order chi connectivity index (χ1) is 10.8. The second-order valence-electron chi connectivity index (χ2n) is 5.04. The molecule has 0 fully saturated rings. The lowest BCUT2D eigenvalue weighted by Crippen LogP contribution is -2.06. The van der Waals surface area contributed by atoms with Crippen molar-refractivity contribution in [3.8, 4) is 16.9 Å². The summed E-state index contributed by atoms with van der Waals surface area (Å²) >= 11 is 6.15. The Bertz CT molecular complexity index is 1090. The van der Waals surface area contributed by atoms with Crippen LogP contribution in [0, 0.1) is 0 Å². The molecular weight excluding hydrogens is 340 g/mol. The second-order valence-corrected chi connectivity index (χ2v) is 7.46. The summed E-state index contributed by atoms with van der Waals surface area (Å²) in [7, 11) is -3.41. The molecule has 1 heterocycles. The van der Waals surface area contributed by atoms with Crippen molar-refractivity contribution in [2.75, 3.05) is 6.26 Å². The van der Waals surface area contributed by atoms with Crippen molar-refractivity contribution < 1.29 is 13.5 Å². The number of phenolic OH excluding ortho intramolecular Hbond substituents is 1. The molecule has 6 nitrogen and oxygen atoms in total. The van der Waals surface area contributed by atoms with Crippen molar-refractivity contribution in [2.24, 2.45) is 0 Å². The fourth-order valence-electron chi connectivity index (χ4n) is 2.27. The summed E-state index contributed by atoms with van der Waals surface area (Å²) in [6, 6.07) is 7.16. The lowest BCUT2D eigenvalue weighted by molar-refractivity contribution is 0.480. The Morgan fingerprint density at radius 3 is 2.65 bits per heavy atom. The van der Waals surface area contributed by atoms with Crippen LogP contribution in [-0.4, -0.2) is 29.7 Å². The molecule has 0 amide bonds. The maximum atomic E-state index is 11.9. The molecule has 118 valence electrons. The standard InChI is InChI=1S/C15H11ClN2O4S/c1-23(21,22)9-2-3-12(16)10(6-9)8-4-11-14(13(19)5-8)17-7-18-15(11)20/h2-7,19H,1H3,(H,17,18,20). The summed E-state index contributed by atoms with van der Waals surface area (Å²) in [4.78, 5) is 18.3. The van der Waals surface area contributed by atoms with Crippen LogP contribution in [0.5, 0.6) is 5.75 Å². The first-order valence-electron chi connectivity index (χ1n) is 6.48. The van der Waals surface area contributed by atoms with Gasteiger partial charge in [-0.15, -0.1) is 0 Å². The Morgan fingerprint density at radius 1 is 1.22 bits per heavy atom. The van der Waals surface area contributed by atoms with Gasteiger partial charge in [0.15, 0.2) is 9.84 Å². The summed E-state index contributed by atoms with van der Waals surface area (Å²) in [5.41, 5.74) is 0.564. The highest BCUT2D eigenvalue weighted by atomic mass is 35.5. The predicted molar refractivity (Wildman–Crippen MR) is 87.6 cm³/mol. The van der Waals surface area contributed by atoms with Gasteiger partial charge in [0, 0.05) is 16.8 Å². The van der Waals surface area contributed by atoms with E-state index in [-0.39, 0.29) is 21.5 Å². The highest BCUT2D eigenvalue weighted by Gasteiger charge is 2.14. The number of rotatable bonds is 2. The molecule has 8 heteroatoms. The van der Waals surface area contributed by atoms with Crippen LogP contribution in [-0.2, 0) is 9.84 Å². The number of sulfone groups is 1. The van der Waals surface area contributed by atoms with Crippen LogP contribution < -0.4 is 5.56 Å². The fourth-order valence-corrected chi connectivity index (χ4v) is 3.15. The van der Waals surface area contributed by atoms with Crippen molar-refractivity contribution in [1.82, 2.24) is 9.97 Å². The largest absolute Gasteiger partial charge is 0.506 e. The maximum absolute atomic E-state index is 11.9.